The third-order valence-electron chi connectivity index (χ3n) is 8.92. The molecule has 298 valence electrons. The molecule has 4 N–H and O–H groups in total. The second-order valence-electron chi connectivity index (χ2n) is 14.1. The summed E-state index contributed by atoms with van der Waals surface area (Å²) in [6.45, 7) is 6.47. The molecule has 0 spiro atoms. The summed E-state index contributed by atoms with van der Waals surface area (Å²) in [6, 6.07) is 33.5. The van der Waals surface area contributed by atoms with Crippen molar-refractivity contribution in [3.63, 3.8) is 0 Å². The highest BCUT2D eigenvalue weighted by molar-refractivity contribution is 5.89. The molecule has 4 rings (SSSR count). The van der Waals surface area contributed by atoms with Crippen molar-refractivity contribution in [1.29, 1.82) is 0 Å². The number of ether oxygens (including phenoxy) is 4. The Balaban J connectivity index is 1.57. The number of esters is 2. The second-order valence-corrected chi connectivity index (χ2v) is 14.1. The van der Waals surface area contributed by atoms with E-state index in [-0.39, 0.29) is 26.4 Å². The van der Waals surface area contributed by atoms with Crippen LogP contribution in [0.4, 0.5) is 0 Å². The van der Waals surface area contributed by atoms with Crippen LogP contribution in [0.2, 0.25) is 0 Å². The van der Waals surface area contributed by atoms with E-state index < -0.39 is 72.1 Å². The van der Waals surface area contributed by atoms with E-state index in [1.54, 1.807) is 113 Å². The number of carbonyl (C=O) groups is 4. The van der Waals surface area contributed by atoms with E-state index in [1.165, 1.54) is 0 Å². The number of hydrogen-bond donors (Lipinski definition) is 4. The molecule has 56 heavy (non-hydrogen) atoms. The van der Waals surface area contributed by atoms with Gasteiger partial charge < -0.3 is 39.8 Å². The van der Waals surface area contributed by atoms with Gasteiger partial charge in [-0.2, -0.15) is 0 Å². The van der Waals surface area contributed by atoms with Gasteiger partial charge in [0.05, 0.1) is 13.2 Å². The van der Waals surface area contributed by atoms with Crippen molar-refractivity contribution in [1.82, 2.24) is 10.6 Å². The van der Waals surface area contributed by atoms with Crippen LogP contribution in [0.3, 0.4) is 0 Å². The van der Waals surface area contributed by atoms with E-state index in [9.17, 15) is 29.4 Å². The zero-order valence-corrected chi connectivity index (χ0v) is 32.2. The van der Waals surface area contributed by atoms with Gasteiger partial charge in [0.2, 0.25) is 0 Å². The molecule has 0 bridgehead atoms. The van der Waals surface area contributed by atoms with Gasteiger partial charge in [0.1, 0.15) is 37.5 Å². The first-order valence-electron chi connectivity index (χ1n) is 18.6. The molecular formula is C44H52N2O10. The summed E-state index contributed by atoms with van der Waals surface area (Å²) in [5.74, 6) is -4.18. The first-order chi connectivity index (χ1) is 26.9. The van der Waals surface area contributed by atoms with E-state index >= 15 is 0 Å². The number of aliphatic hydroxyl groups excluding tert-OH is 2. The summed E-state index contributed by atoms with van der Waals surface area (Å²) in [5, 5.41) is 28.7. The van der Waals surface area contributed by atoms with E-state index in [0.29, 0.717) is 11.1 Å². The monoisotopic (exact) mass is 768 g/mol. The van der Waals surface area contributed by atoms with Crippen molar-refractivity contribution in [2.45, 2.75) is 90.6 Å². The Bertz CT molecular complexity index is 1660. The molecule has 6 unspecified atom stereocenters. The normalized spacial score (nSPS) is 14.5. The first kappa shape index (κ1) is 43.3. The lowest BCUT2D eigenvalue weighted by atomic mass is 9.98. The van der Waals surface area contributed by atoms with Crippen LogP contribution in [-0.2, 0) is 64.6 Å². The van der Waals surface area contributed by atoms with Crippen LogP contribution >= 0.6 is 0 Å². The molecule has 0 aliphatic carbocycles. The number of rotatable bonds is 21. The molecule has 0 heterocycles. The van der Waals surface area contributed by atoms with Gasteiger partial charge in [-0.25, -0.2) is 9.59 Å². The lowest BCUT2D eigenvalue weighted by Gasteiger charge is -2.32. The van der Waals surface area contributed by atoms with Gasteiger partial charge in [0.25, 0.3) is 11.8 Å². The standard InChI is InChI=1S/C44H52N2O10/c1-29(2)35(43(51)55-27-33-21-13-7-14-22-33)45-41(49)39(53-25-31-17-9-5-10-18-31)37(47)38(48)40(54-26-32-19-11-6-12-20-32)42(50)46-36(30(3)4)44(52)56-28-34-23-15-8-16-24-34/h5-24,29-30,35-40,47-48H,25-28H2,1-4H3,(H,45,49)(H,46,50). The van der Waals surface area contributed by atoms with Gasteiger partial charge in [-0.1, -0.05) is 149 Å². The molecule has 0 saturated heterocycles. The van der Waals surface area contributed by atoms with E-state index in [0.717, 1.165) is 11.1 Å². The maximum absolute atomic E-state index is 14.0. The highest BCUT2D eigenvalue weighted by Gasteiger charge is 2.43. The molecule has 6 atom stereocenters. The van der Waals surface area contributed by atoms with Gasteiger partial charge in [-0.3, -0.25) is 9.59 Å². The van der Waals surface area contributed by atoms with Crippen molar-refractivity contribution in [3.8, 4) is 0 Å². The third kappa shape index (κ3) is 13.4. The second kappa shape index (κ2) is 22.2. The average Bonchev–Trinajstić information content (AvgIpc) is 3.21. The zero-order valence-electron chi connectivity index (χ0n) is 32.2. The van der Waals surface area contributed by atoms with E-state index in [4.69, 9.17) is 18.9 Å². The number of nitrogens with one attached hydrogen (secondary N) is 2. The molecule has 2 amide bonds. The van der Waals surface area contributed by atoms with E-state index in [2.05, 4.69) is 10.6 Å². The minimum absolute atomic E-state index is 0.0270. The van der Waals surface area contributed by atoms with Gasteiger partial charge >= 0.3 is 11.9 Å². The van der Waals surface area contributed by atoms with Crippen LogP contribution in [0.5, 0.6) is 0 Å². The van der Waals surface area contributed by atoms with Crippen LogP contribution < -0.4 is 10.6 Å². The minimum atomic E-state index is -2.07. The maximum Gasteiger partial charge on any atom is 0.329 e. The Morgan fingerprint density at radius 1 is 0.464 bits per heavy atom. The Labute approximate surface area is 328 Å². The van der Waals surface area contributed by atoms with Crippen LogP contribution in [0, 0.1) is 11.8 Å². The zero-order chi connectivity index (χ0) is 40.5. The molecule has 0 aliphatic rings. The van der Waals surface area contributed by atoms with Crippen LogP contribution in [0.25, 0.3) is 0 Å². The average molecular weight is 769 g/mol. The van der Waals surface area contributed by atoms with Crippen LogP contribution in [-0.4, -0.2) is 70.5 Å². The highest BCUT2D eigenvalue weighted by atomic mass is 16.5. The molecule has 0 fully saturated rings. The Kier molecular flexibility index (Phi) is 17.2. The predicted molar refractivity (Wildman–Crippen MR) is 208 cm³/mol. The molecule has 4 aromatic carbocycles. The smallest absolute Gasteiger partial charge is 0.329 e. The minimum Gasteiger partial charge on any atom is -0.459 e. The van der Waals surface area contributed by atoms with Gasteiger partial charge in [-0.15, -0.1) is 0 Å². The largest absolute Gasteiger partial charge is 0.459 e. The Hall–Kier alpha value is -5.40. The van der Waals surface area contributed by atoms with Gasteiger partial charge in [0.15, 0.2) is 12.2 Å². The number of hydrogen-bond acceptors (Lipinski definition) is 10. The summed E-state index contributed by atoms with van der Waals surface area (Å²) in [4.78, 5) is 54.5. The first-order valence-corrected chi connectivity index (χ1v) is 18.6. The Morgan fingerprint density at radius 3 is 1.00 bits per heavy atom. The molecule has 0 saturated carbocycles. The summed E-state index contributed by atoms with van der Waals surface area (Å²) in [7, 11) is 0. The predicted octanol–water partition coefficient (Wildman–Crippen LogP) is 4.65. The Morgan fingerprint density at radius 2 is 0.732 bits per heavy atom. The summed E-state index contributed by atoms with van der Waals surface area (Å²) in [6.07, 6.45) is -7.75. The SMILES string of the molecule is CC(C)C(NC(=O)C(OCc1ccccc1)C(O)C(O)C(OCc1ccccc1)C(=O)NC(C(=O)OCc1ccccc1)C(C)C)C(=O)OCc1ccccc1. The fourth-order valence-electron chi connectivity index (χ4n) is 5.64. The van der Waals surface area contributed by atoms with Gasteiger partial charge in [-0.05, 0) is 34.1 Å². The highest BCUT2D eigenvalue weighted by Crippen LogP contribution is 2.19. The summed E-state index contributed by atoms with van der Waals surface area (Å²) in [5.41, 5.74) is 2.80. The lowest BCUT2D eigenvalue weighted by Crippen LogP contribution is -2.59. The fraction of sp³-hybridized carbons (Fsp3) is 0.364. The third-order valence-corrected chi connectivity index (χ3v) is 8.92. The lowest BCUT2D eigenvalue weighted by molar-refractivity contribution is -0.173. The summed E-state index contributed by atoms with van der Waals surface area (Å²) >= 11 is 0. The van der Waals surface area contributed by atoms with Gasteiger partial charge in [0, 0.05) is 0 Å². The number of benzene rings is 4. The van der Waals surface area contributed by atoms with Crippen molar-refractivity contribution in [2.24, 2.45) is 11.8 Å². The number of carbonyl (C=O) groups excluding carboxylic acids is 4. The molecule has 0 radical (unpaired) electrons. The number of aliphatic hydroxyl groups is 2. The quantitative estimate of drug-likeness (QED) is 0.0876. The van der Waals surface area contributed by atoms with Crippen molar-refractivity contribution < 1.29 is 48.3 Å². The molecule has 12 nitrogen and oxygen atoms in total. The molecular weight excluding hydrogens is 716 g/mol. The number of amides is 2. The molecule has 0 aliphatic heterocycles. The van der Waals surface area contributed by atoms with Crippen molar-refractivity contribution in [2.75, 3.05) is 0 Å². The fourth-order valence-corrected chi connectivity index (χ4v) is 5.64. The van der Waals surface area contributed by atoms with Crippen molar-refractivity contribution in [3.05, 3.63) is 144 Å². The summed E-state index contributed by atoms with van der Waals surface area (Å²) < 4.78 is 22.9. The topological polar surface area (TPSA) is 170 Å². The molecule has 12 heteroatoms. The van der Waals surface area contributed by atoms with Crippen LogP contribution in [0.15, 0.2) is 121 Å². The van der Waals surface area contributed by atoms with Crippen LogP contribution in [0.1, 0.15) is 49.9 Å². The maximum atomic E-state index is 14.0. The molecule has 0 aromatic heterocycles. The van der Waals surface area contributed by atoms with E-state index in [1.807, 2.05) is 36.4 Å². The van der Waals surface area contributed by atoms with Crippen molar-refractivity contribution >= 4 is 23.8 Å². The molecule has 4 aromatic rings.